The fraction of sp³-hybridized carbons (Fsp3) is 0.211. The van der Waals surface area contributed by atoms with Crippen molar-refractivity contribution in [3.63, 3.8) is 0 Å². The summed E-state index contributed by atoms with van der Waals surface area (Å²) in [5.74, 6) is -0.321. The van der Waals surface area contributed by atoms with Gasteiger partial charge in [0.1, 0.15) is 10.8 Å². The number of imidazole rings is 1. The number of benzene rings is 4. The molecule has 9 nitrogen and oxygen atoms in total. The summed E-state index contributed by atoms with van der Waals surface area (Å²) in [6.07, 6.45) is 1.92. The second-order valence-electron chi connectivity index (χ2n) is 12.0. The van der Waals surface area contributed by atoms with Gasteiger partial charge in [-0.2, -0.15) is 0 Å². The third-order valence-electron chi connectivity index (χ3n) is 8.81. The van der Waals surface area contributed by atoms with Crippen LogP contribution in [0.15, 0.2) is 110 Å². The van der Waals surface area contributed by atoms with Crippen LogP contribution < -0.4 is 5.32 Å². The standard InChI is InChI=1S/C38H33Cl2N5O4/c1-23-33(20-45-22-43-35(39)36(45)40)48-38(49-34(23)27-11-9-24(21-46)10-12-27)28-15-13-26(14-16-28)29-6-4-5-25(17-29)18-42-37(47)32-19-41-30-7-2-3-8-31(30)44-32/h2-17,19,22-23,33-34,38,46H,18,20-21H2,1H3,(H,42,47). The van der Waals surface area contributed by atoms with Gasteiger partial charge in [-0.25, -0.2) is 9.97 Å². The van der Waals surface area contributed by atoms with Crippen LogP contribution >= 0.6 is 23.2 Å². The summed E-state index contributed by atoms with van der Waals surface area (Å²) in [5.41, 5.74) is 7.35. The van der Waals surface area contributed by atoms with Gasteiger partial charge >= 0.3 is 0 Å². The van der Waals surface area contributed by atoms with E-state index in [2.05, 4.69) is 33.3 Å². The van der Waals surface area contributed by atoms with E-state index in [9.17, 15) is 9.90 Å². The summed E-state index contributed by atoms with van der Waals surface area (Å²) in [5, 5.41) is 13.1. The lowest BCUT2D eigenvalue weighted by atomic mass is 9.90. The molecule has 4 unspecified atom stereocenters. The van der Waals surface area contributed by atoms with E-state index in [1.165, 1.54) is 6.20 Å². The van der Waals surface area contributed by atoms with Gasteiger partial charge in [0.05, 0.1) is 48.9 Å². The van der Waals surface area contributed by atoms with Gasteiger partial charge in [0.15, 0.2) is 11.4 Å². The normalized spacial score (nSPS) is 19.2. The predicted octanol–water partition coefficient (Wildman–Crippen LogP) is 7.71. The molecule has 4 atom stereocenters. The van der Waals surface area contributed by atoms with Crippen molar-refractivity contribution in [3.05, 3.63) is 148 Å². The van der Waals surface area contributed by atoms with E-state index >= 15 is 0 Å². The molecule has 1 fully saturated rings. The van der Waals surface area contributed by atoms with Crippen molar-refractivity contribution in [2.24, 2.45) is 5.92 Å². The molecule has 248 valence electrons. The molecule has 4 aromatic carbocycles. The molecule has 0 bridgehead atoms. The van der Waals surface area contributed by atoms with Crippen molar-refractivity contribution in [2.45, 2.75) is 45.1 Å². The number of hydrogen-bond acceptors (Lipinski definition) is 7. The smallest absolute Gasteiger partial charge is 0.271 e. The van der Waals surface area contributed by atoms with Gasteiger partial charge in [0.2, 0.25) is 0 Å². The van der Waals surface area contributed by atoms with Gasteiger partial charge in [0, 0.05) is 18.0 Å². The van der Waals surface area contributed by atoms with E-state index < -0.39 is 6.29 Å². The molecule has 0 radical (unpaired) electrons. The Labute approximate surface area is 293 Å². The number of amides is 1. The first-order valence-corrected chi connectivity index (χ1v) is 16.7. The molecular weight excluding hydrogens is 661 g/mol. The minimum atomic E-state index is -0.643. The molecule has 0 spiro atoms. The Bertz CT molecular complexity index is 2090. The second kappa shape index (κ2) is 14.5. The van der Waals surface area contributed by atoms with Crippen molar-refractivity contribution in [1.82, 2.24) is 24.8 Å². The zero-order valence-electron chi connectivity index (χ0n) is 26.5. The van der Waals surface area contributed by atoms with Crippen LogP contribution in [-0.4, -0.2) is 36.6 Å². The maximum atomic E-state index is 12.8. The average Bonchev–Trinajstić information content (AvgIpc) is 3.47. The number of aliphatic hydroxyl groups excluding tert-OH is 1. The molecule has 2 N–H and O–H groups in total. The minimum Gasteiger partial charge on any atom is -0.392 e. The Hall–Kier alpha value is -4.64. The minimum absolute atomic E-state index is 0.0278. The van der Waals surface area contributed by atoms with Crippen molar-refractivity contribution in [1.29, 1.82) is 0 Å². The Morgan fingerprint density at radius 1 is 0.857 bits per heavy atom. The summed E-state index contributed by atoms with van der Waals surface area (Å²) in [6.45, 7) is 2.85. The molecule has 1 amide bonds. The highest BCUT2D eigenvalue weighted by molar-refractivity contribution is 6.40. The van der Waals surface area contributed by atoms with E-state index in [1.807, 2.05) is 91.0 Å². The molecule has 0 saturated carbocycles. The summed E-state index contributed by atoms with van der Waals surface area (Å²) >= 11 is 12.6. The van der Waals surface area contributed by atoms with Crippen LogP contribution in [-0.2, 0) is 29.2 Å². The predicted molar refractivity (Wildman–Crippen MR) is 188 cm³/mol. The molecule has 1 aliphatic heterocycles. The Morgan fingerprint density at radius 2 is 1.61 bits per heavy atom. The lowest BCUT2D eigenvalue weighted by Gasteiger charge is -2.41. The first-order chi connectivity index (χ1) is 23.9. The maximum absolute atomic E-state index is 12.8. The monoisotopic (exact) mass is 693 g/mol. The topological polar surface area (TPSA) is 111 Å². The fourth-order valence-corrected chi connectivity index (χ4v) is 6.34. The number of fused-ring (bicyclic) bond motifs is 1. The van der Waals surface area contributed by atoms with Crippen LogP contribution in [0.2, 0.25) is 10.3 Å². The number of halogens is 2. The highest BCUT2D eigenvalue weighted by Crippen LogP contribution is 2.42. The first-order valence-electron chi connectivity index (χ1n) is 15.9. The second-order valence-corrected chi connectivity index (χ2v) is 12.8. The van der Waals surface area contributed by atoms with Crippen molar-refractivity contribution >= 4 is 40.1 Å². The summed E-state index contributed by atoms with van der Waals surface area (Å²) < 4.78 is 15.0. The van der Waals surface area contributed by atoms with Gasteiger partial charge < -0.3 is 24.5 Å². The van der Waals surface area contributed by atoms with Crippen LogP contribution in [0.4, 0.5) is 0 Å². The Balaban J connectivity index is 1.07. The summed E-state index contributed by atoms with van der Waals surface area (Å²) in [4.78, 5) is 25.8. The van der Waals surface area contributed by atoms with E-state index in [0.29, 0.717) is 23.8 Å². The highest BCUT2D eigenvalue weighted by atomic mass is 35.5. The van der Waals surface area contributed by atoms with Gasteiger partial charge in [-0.3, -0.25) is 9.78 Å². The Kier molecular flexibility index (Phi) is 9.70. The molecule has 11 heteroatoms. The molecule has 49 heavy (non-hydrogen) atoms. The number of nitrogens with zero attached hydrogens (tertiary/aromatic N) is 4. The molecule has 7 rings (SSSR count). The zero-order valence-corrected chi connectivity index (χ0v) is 28.1. The van der Waals surface area contributed by atoms with Crippen LogP contribution in [0.5, 0.6) is 0 Å². The fourth-order valence-electron chi connectivity index (χ4n) is 6.03. The third kappa shape index (κ3) is 7.22. The lowest BCUT2D eigenvalue weighted by molar-refractivity contribution is -0.276. The molecule has 6 aromatic rings. The largest absolute Gasteiger partial charge is 0.392 e. The van der Waals surface area contributed by atoms with Gasteiger partial charge in [0.25, 0.3) is 5.91 Å². The Morgan fingerprint density at radius 3 is 2.35 bits per heavy atom. The third-order valence-corrected chi connectivity index (χ3v) is 9.58. The number of hydrogen-bond donors (Lipinski definition) is 2. The maximum Gasteiger partial charge on any atom is 0.271 e. The molecule has 1 saturated heterocycles. The van der Waals surface area contributed by atoms with Crippen LogP contribution in [0.25, 0.3) is 22.2 Å². The number of carbonyl (C=O) groups is 1. The van der Waals surface area contributed by atoms with Crippen LogP contribution in [0, 0.1) is 5.92 Å². The van der Waals surface area contributed by atoms with E-state index in [4.69, 9.17) is 32.7 Å². The number of aromatic nitrogens is 4. The highest BCUT2D eigenvalue weighted by Gasteiger charge is 2.39. The van der Waals surface area contributed by atoms with Crippen LogP contribution in [0.1, 0.15) is 52.1 Å². The first kappa shape index (κ1) is 32.9. The SMILES string of the molecule is CC1C(Cn2cnc(Cl)c2Cl)OC(c2ccc(-c3cccc(CNC(=O)c4cnc5ccccc5n4)c3)cc2)OC1c1ccc(CO)cc1. The van der Waals surface area contributed by atoms with Crippen molar-refractivity contribution in [2.75, 3.05) is 0 Å². The molecule has 1 aliphatic rings. The van der Waals surface area contributed by atoms with E-state index in [0.717, 1.165) is 38.9 Å². The lowest BCUT2D eigenvalue weighted by Crippen LogP contribution is -2.39. The van der Waals surface area contributed by atoms with Gasteiger partial charge in [-0.15, -0.1) is 0 Å². The van der Waals surface area contributed by atoms with E-state index in [-0.39, 0.29) is 41.5 Å². The van der Waals surface area contributed by atoms with E-state index in [1.54, 1.807) is 10.9 Å². The molecule has 2 aromatic heterocycles. The molecule has 3 heterocycles. The van der Waals surface area contributed by atoms with Gasteiger partial charge in [-0.05, 0) is 46.0 Å². The zero-order chi connectivity index (χ0) is 33.9. The number of ether oxygens (including phenoxy) is 2. The summed E-state index contributed by atoms with van der Waals surface area (Å²) in [6, 6.07) is 31.4. The molecule has 0 aliphatic carbocycles. The van der Waals surface area contributed by atoms with Gasteiger partial charge in [-0.1, -0.05) is 109 Å². The summed E-state index contributed by atoms with van der Waals surface area (Å²) in [7, 11) is 0. The number of nitrogens with one attached hydrogen (secondary N) is 1. The molecular formula is C38H33Cl2N5O4. The van der Waals surface area contributed by atoms with Crippen LogP contribution in [0.3, 0.4) is 0 Å². The quantitative estimate of drug-likeness (QED) is 0.160. The number of aliphatic hydroxyl groups is 1. The number of carbonyl (C=O) groups excluding carboxylic acids is 1. The number of para-hydroxylation sites is 2. The van der Waals surface area contributed by atoms with Crippen molar-refractivity contribution < 1.29 is 19.4 Å². The number of rotatable bonds is 9. The van der Waals surface area contributed by atoms with Crippen molar-refractivity contribution in [3.8, 4) is 11.1 Å². The average molecular weight is 695 g/mol.